The largest absolute Gasteiger partial charge is 0.330 e. The molecular weight excluding hydrogens is 366 g/mol. The lowest BCUT2D eigenvalue weighted by atomic mass is 10.1. The fraction of sp³-hybridized carbons (Fsp3) is 0.111. The second kappa shape index (κ2) is 7.27. The Morgan fingerprint density at radius 1 is 1.12 bits per heavy atom. The molecule has 0 saturated heterocycles. The van der Waals surface area contributed by atoms with Crippen LogP contribution in [-0.4, -0.2) is 20.2 Å². The van der Waals surface area contributed by atoms with Crippen LogP contribution in [0.4, 0.5) is 10.8 Å². The normalized spacial score (nSPS) is 11.0. The van der Waals surface area contributed by atoms with Crippen LogP contribution in [-0.2, 0) is 5.75 Å². The number of hydrogen-bond donors (Lipinski definition) is 2. The van der Waals surface area contributed by atoms with E-state index in [9.17, 15) is 4.79 Å². The maximum absolute atomic E-state index is 12.2. The summed E-state index contributed by atoms with van der Waals surface area (Å²) in [6, 6.07) is 15.4. The number of thioether (sulfide) groups is 1. The molecule has 0 atom stereocenters. The van der Waals surface area contributed by atoms with Crippen molar-refractivity contribution >= 4 is 44.8 Å². The van der Waals surface area contributed by atoms with Crippen molar-refractivity contribution in [1.29, 1.82) is 0 Å². The van der Waals surface area contributed by atoms with E-state index in [1.165, 1.54) is 23.1 Å². The molecular formula is C18H15N5OS2. The molecule has 2 aromatic carbocycles. The van der Waals surface area contributed by atoms with Crippen molar-refractivity contribution in [3.63, 3.8) is 0 Å². The van der Waals surface area contributed by atoms with Gasteiger partial charge in [-0.2, -0.15) is 0 Å². The predicted octanol–water partition coefficient (Wildman–Crippen LogP) is 4.12. The minimum absolute atomic E-state index is 0.113. The molecule has 6 nitrogen and oxygen atoms in total. The van der Waals surface area contributed by atoms with E-state index < -0.39 is 0 Å². The summed E-state index contributed by atoms with van der Waals surface area (Å²) in [5, 5.41) is 12.9. The lowest BCUT2D eigenvalue weighted by Gasteiger charge is -2.03. The Morgan fingerprint density at radius 3 is 2.81 bits per heavy atom. The van der Waals surface area contributed by atoms with Gasteiger partial charge in [0, 0.05) is 5.69 Å². The van der Waals surface area contributed by atoms with Crippen molar-refractivity contribution in [3.05, 3.63) is 70.3 Å². The van der Waals surface area contributed by atoms with Crippen LogP contribution < -0.4 is 10.9 Å². The first-order valence-electron chi connectivity index (χ1n) is 7.96. The highest BCUT2D eigenvalue weighted by atomic mass is 32.2. The smallest absolute Gasteiger partial charge is 0.258 e. The number of hydrogen-bond acceptors (Lipinski definition) is 7. The van der Waals surface area contributed by atoms with Gasteiger partial charge in [-0.1, -0.05) is 53.4 Å². The number of aryl methyl sites for hydroxylation is 1. The minimum atomic E-state index is -0.113. The first-order valence-corrected chi connectivity index (χ1v) is 9.76. The number of nitrogens with zero attached hydrogens (tertiary/aromatic N) is 3. The Kier molecular flexibility index (Phi) is 4.68. The molecule has 130 valence electrons. The van der Waals surface area contributed by atoms with E-state index in [2.05, 4.69) is 25.5 Å². The number of benzene rings is 2. The van der Waals surface area contributed by atoms with Crippen molar-refractivity contribution < 1.29 is 0 Å². The molecule has 0 spiro atoms. The Hall–Kier alpha value is -2.71. The van der Waals surface area contributed by atoms with Gasteiger partial charge >= 0.3 is 0 Å². The molecule has 0 aliphatic carbocycles. The number of H-pyrrole nitrogens is 1. The van der Waals surface area contributed by atoms with Crippen LogP contribution in [0.2, 0.25) is 0 Å². The highest BCUT2D eigenvalue weighted by Gasteiger charge is 2.09. The molecule has 0 saturated carbocycles. The Morgan fingerprint density at radius 2 is 1.96 bits per heavy atom. The average Bonchev–Trinajstić information content (AvgIpc) is 3.09. The fourth-order valence-corrected chi connectivity index (χ4v) is 4.16. The van der Waals surface area contributed by atoms with Gasteiger partial charge in [-0.05, 0) is 30.7 Å². The molecule has 0 fully saturated rings. The molecule has 4 rings (SSSR count). The van der Waals surface area contributed by atoms with Crippen LogP contribution in [0.3, 0.4) is 0 Å². The van der Waals surface area contributed by atoms with Gasteiger partial charge in [0.15, 0.2) is 4.34 Å². The highest BCUT2D eigenvalue weighted by molar-refractivity contribution is 8.00. The lowest BCUT2D eigenvalue weighted by molar-refractivity contribution is 1.00. The molecule has 0 aliphatic rings. The summed E-state index contributed by atoms with van der Waals surface area (Å²) in [5.74, 6) is 1.16. The van der Waals surface area contributed by atoms with Gasteiger partial charge in [0.2, 0.25) is 5.13 Å². The minimum Gasteiger partial charge on any atom is -0.330 e. The topological polar surface area (TPSA) is 83.6 Å². The summed E-state index contributed by atoms with van der Waals surface area (Å²) in [6.45, 7) is 1.96. The Bertz CT molecular complexity index is 1110. The zero-order valence-corrected chi connectivity index (χ0v) is 15.5. The standard InChI is InChI=1S/C18H15N5OS2/c1-11-6-5-9-13-15(11)20-14(21-16(13)24)10-25-18-23-22-17(26-18)19-12-7-3-2-4-8-12/h2-9H,10H2,1H3,(H,19,22)(H,20,21,24). The van der Waals surface area contributed by atoms with Gasteiger partial charge in [-0.15, -0.1) is 10.2 Å². The lowest BCUT2D eigenvalue weighted by Crippen LogP contribution is -2.11. The van der Waals surface area contributed by atoms with Gasteiger partial charge in [-0.25, -0.2) is 4.98 Å². The summed E-state index contributed by atoms with van der Waals surface area (Å²) in [6.07, 6.45) is 0. The molecule has 2 heterocycles. The van der Waals surface area contributed by atoms with E-state index in [0.29, 0.717) is 17.0 Å². The molecule has 8 heteroatoms. The van der Waals surface area contributed by atoms with Crippen molar-refractivity contribution in [2.75, 3.05) is 5.32 Å². The van der Waals surface area contributed by atoms with Crippen molar-refractivity contribution in [3.8, 4) is 0 Å². The zero-order valence-electron chi connectivity index (χ0n) is 13.9. The number of aromatic nitrogens is 4. The third kappa shape index (κ3) is 3.61. The first kappa shape index (κ1) is 16.7. The summed E-state index contributed by atoms with van der Waals surface area (Å²) in [7, 11) is 0. The zero-order chi connectivity index (χ0) is 17.9. The second-order valence-corrected chi connectivity index (χ2v) is 7.84. The third-order valence-corrected chi connectivity index (χ3v) is 5.73. The van der Waals surface area contributed by atoms with E-state index in [1.54, 1.807) is 6.07 Å². The first-order chi connectivity index (χ1) is 12.7. The number of nitrogens with one attached hydrogen (secondary N) is 2. The average molecular weight is 381 g/mol. The quantitative estimate of drug-likeness (QED) is 0.506. The molecule has 0 radical (unpaired) electrons. The van der Waals surface area contributed by atoms with Crippen molar-refractivity contribution in [2.45, 2.75) is 17.0 Å². The van der Waals surface area contributed by atoms with Crippen LogP contribution in [0.25, 0.3) is 10.9 Å². The molecule has 26 heavy (non-hydrogen) atoms. The number of fused-ring (bicyclic) bond motifs is 1. The van der Waals surface area contributed by atoms with E-state index in [0.717, 1.165) is 26.2 Å². The van der Waals surface area contributed by atoms with Gasteiger partial charge in [0.05, 0.1) is 16.7 Å². The number of aromatic amines is 1. The van der Waals surface area contributed by atoms with Crippen molar-refractivity contribution in [1.82, 2.24) is 20.2 Å². The van der Waals surface area contributed by atoms with Gasteiger partial charge in [-0.3, -0.25) is 4.79 Å². The molecule has 0 amide bonds. The van der Waals surface area contributed by atoms with Crippen LogP contribution in [0.1, 0.15) is 11.4 Å². The second-order valence-electron chi connectivity index (χ2n) is 5.64. The molecule has 4 aromatic rings. The van der Waals surface area contributed by atoms with Crippen LogP contribution >= 0.6 is 23.1 Å². The SMILES string of the molecule is Cc1cccc2c(=O)[nH]c(CSc3nnc(Nc4ccccc4)s3)nc12. The maximum atomic E-state index is 12.2. The molecule has 0 unspecified atom stereocenters. The number of para-hydroxylation sites is 2. The van der Waals surface area contributed by atoms with E-state index in [1.807, 2.05) is 49.4 Å². The summed E-state index contributed by atoms with van der Waals surface area (Å²) < 4.78 is 0.816. The monoisotopic (exact) mass is 381 g/mol. The van der Waals surface area contributed by atoms with Gasteiger partial charge in [0.25, 0.3) is 5.56 Å². The van der Waals surface area contributed by atoms with Gasteiger partial charge in [0.1, 0.15) is 5.82 Å². The Labute approximate surface area is 157 Å². The van der Waals surface area contributed by atoms with E-state index in [4.69, 9.17) is 0 Å². The fourth-order valence-electron chi connectivity index (χ4n) is 2.51. The van der Waals surface area contributed by atoms with Crippen LogP contribution in [0.15, 0.2) is 57.7 Å². The Balaban J connectivity index is 1.49. The molecule has 2 aromatic heterocycles. The number of anilines is 2. The van der Waals surface area contributed by atoms with E-state index in [-0.39, 0.29) is 5.56 Å². The summed E-state index contributed by atoms with van der Waals surface area (Å²) in [4.78, 5) is 19.7. The molecule has 0 bridgehead atoms. The number of rotatable bonds is 5. The predicted molar refractivity (Wildman–Crippen MR) is 106 cm³/mol. The highest BCUT2D eigenvalue weighted by Crippen LogP contribution is 2.29. The van der Waals surface area contributed by atoms with Crippen LogP contribution in [0, 0.1) is 6.92 Å². The van der Waals surface area contributed by atoms with Crippen molar-refractivity contribution in [2.24, 2.45) is 0 Å². The third-order valence-electron chi connectivity index (χ3n) is 3.75. The summed E-state index contributed by atoms with van der Waals surface area (Å²) in [5.41, 5.74) is 2.59. The van der Waals surface area contributed by atoms with E-state index >= 15 is 0 Å². The molecule has 0 aliphatic heterocycles. The van der Waals surface area contributed by atoms with Gasteiger partial charge < -0.3 is 10.3 Å². The maximum Gasteiger partial charge on any atom is 0.258 e. The summed E-state index contributed by atoms with van der Waals surface area (Å²) >= 11 is 2.97. The molecule has 2 N–H and O–H groups in total. The van der Waals surface area contributed by atoms with Crippen LogP contribution in [0.5, 0.6) is 0 Å².